The first-order valence-electron chi connectivity index (χ1n) is 9.59. The van der Waals surface area contributed by atoms with Crippen molar-refractivity contribution in [1.29, 1.82) is 0 Å². The Bertz CT molecular complexity index is 570. The van der Waals surface area contributed by atoms with Crippen LogP contribution in [0, 0.1) is 5.92 Å². The zero-order valence-corrected chi connectivity index (χ0v) is 16.6. The number of carbonyl (C=O) groups excluding carboxylic acids is 1. The van der Waals surface area contributed by atoms with Gasteiger partial charge in [0.1, 0.15) is 0 Å². The highest BCUT2D eigenvalue weighted by atomic mass is 16.5. The van der Waals surface area contributed by atoms with Crippen LogP contribution in [0.2, 0.25) is 0 Å². The SMILES string of the molecule is COC(=O)CC1=C\CC/C(C)=C/CC[C@@]2(C)CC[C@@](C(C)C)(\C=C\1)O2. The van der Waals surface area contributed by atoms with E-state index >= 15 is 0 Å². The summed E-state index contributed by atoms with van der Waals surface area (Å²) in [6, 6.07) is 0. The number of hydrogen-bond donors (Lipinski definition) is 0. The molecule has 0 aromatic carbocycles. The summed E-state index contributed by atoms with van der Waals surface area (Å²) >= 11 is 0. The Morgan fingerprint density at radius 1 is 1.24 bits per heavy atom. The molecule has 0 spiro atoms. The van der Waals surface area contributed by atoms with Crippen LogP contribution in [0.5, 0.6) is 0 Å². The van der Waals surface area contributed by atoms with E-state index in [4.69, 9.17) is 9.47 Å². The molecule has 2 heterocycles. The minimum Gasteiger partial charge on any atom is -0.469 e. The van der Waals surface area contributed by atoms with Crippen molar-refractivity contribution in [3.63, 3.8) is 0 Å². The van der Waals surface area contributed by atoms with Gasteiger partial charge in [-0.1, -0.05) is 43.7 Å². The Hall–Kier alpha value is -1.35. The fourth-order valence-electron chi connectivity index (χ4n) is 3.81. The Morgan fingerprint density at radius 2 is 2.00 bits per heavy atom. The molecular weight excluding hydrogens is 312 g/mol. The third kappa shape index (κ3) is 5.31. The van der Waals surface area contributed by atoms with Crippen molar-refractivity contribution >= 4 is 5.97 Å². The second-order valence-corrected chi connectivity index (χ2v) is 8.15. The number of methoxy groups -OCH3 is 1. The van der Waals surface area contributed by atoms with E-state index in [9.17, 15) is 4.79 Å². The molecule has 1 fully saturated rings. The fourth-order valence-corrected chi connectivity index (χ4v) is 3.81. The van der Waals surface area contributed by atoms with E-state index in [1.54, 1.807) is 0 Å². The number of fused-ring (bicyclic) bond motifs is 2. The van der Waals surface area contributed by atoms with Gasteiger partial charge in [-0.3, -0.25) is 4.79 Å². The molecule has 3 heteroatoms. The third-order valence-electron chi connectivity index (χ3n) is 5.73. The summed E-state index contributed by atoms with van der Waals surface area (Å²) < 4.78 is 11.5. The van der Waals surface area contributed by atoms with Crippen LogP contribution in [0.25, 0.3) is 0 Å². The van der Waals surface area contributed by atoms with Crippen molar-refractivity contribution in [2.45, 2.75) is 83.8 Å². The van der Waals surface area contributed by atoms with Crippen LogP contribution in [0.3, 0.4) is 0 Å². The minimum atomic E-state index is -0.239. The van der Waals surface area contributed by atoms with Gasteiger partial charge in [0.15, 0.2) is 0 Å². The molecule has 140 valence electrons. The van der Waals surface area contributed by atoms with E-state index in [0.717, 1.165) is 44.1 Å². The highest BCUT2D eigenvalue weighted by Gasteiger charge is 2.46. The fraction of sp³-hybridized carbons (Fsp3) is 0.682. The molecule has 0 aliphatic carbocycles. The third-order valence-corrected chi connectivity index (χ3v) is 5.73. The number of ether oxygens (including phenoxy) is 2. The summed E-state index contributed by atoms with van der Waals surface area (Å²) in [7, 11) is 1.44. The second-order valence-electron chi connectivity index (χ2n) is 8.15. The molecule has 2 aliphatic heterocycles. The first-order chi connectivity index (χ1) is 11.8. The van der Waals surface area contributed by atoms with Gasteiger partial charge < -0.3 is 9.47 Å². The smallest absolute Gasteiger partial charge is 0.309 e. The van der Waals surface area contributed by atoms with E-state index in [1.807, 2.05) is 0 Å². The maximum atomic E-state index is 11.8. The first kappa shape index (κ1) is 20.0. The molecule has 2 aliphatic rings. The number of allylic oxidation sites excluding steroid dienone is 4. The quantitative estimate of drug-likeness (QED) is 0.499. The van der Waals surface area contributed by atoms with Crippen LogP contribution in [-0.4, -0.2) is 24.3 Å². The second kappa shape index (κ2) is 8.35. The van der Waals surface area contributed by atoms with Crippen molar-refractivity contribution in [1.82, 2.24) is 0 Å². The average molecular weight is 347 g/mol. The monoisotopic (exact) mass is 346 g/mol. The zero-order valence-electron chi connectivity index (χ0n) is 16.6. The molecule has 0 aromatic heterocycles. The molecule has 2 atom stereocenters. The summed E-state index contributed by atoms with van der Waals surface area (Å²) in [6.07, 6.45) is 15.4. The van der Waals surface area contributed by atoms with E-state index in [-0.39, 0.29) is 17.2 Å². The van der Waals surface area contributed by atoms with Crippen molar-refractivity contribution in [3.8, 4) is 0 Å². The van der Waals surface area contributed by atoms with Crippen molar-refractivity contribution in [2.24, 2.45) is 5.92 Å². The molecule has 25 heavy (non-hydrogen) atoms. The molecule has 0 amide bonds. The molecule has 3 nitrogen and oxygen atoms in total. The van der Waals surface area contributed by atoms with Gasteiger partial charge in [0, 0.05) is 0 Å². The van der Waals surface area contributed by atoms with Crippen molar-refractivity contribution in [3.05, 3.63) is 35.5 Å². The van der Waals surface area contributed by atoms with Gasteiger partial charge >= 0.3 is 5.97 Å². The maximum Gasteiger partial charge on any atom is 0.309 e. The lowest BCUT2D eigenvalue weighted by atomic mass is 9.85. The summed E-state index contributed by atoms with van der Waals surface area (Å²) in [5.41, 5.74) is 2.13. The summed E-state index contributed by atoms with van der Waals surface area (Å²) in [5.74, 6) is 0.204. The molecule has 0 unspecified atom stereocenters. The van der Waals surface area contributed by atoms with E-state index in [1.165, 1.54) is 12.7 Å². The van der Waals surface area contributed by atoms with Gasteiger partial charge in [0.2, 0.25) is 0 Å². The number of hydrogen-bond acceptors (Lipinski definition) is 3. The largest absolute Gasteiger partial charge is 0.469 e. The topological polar surface area (TPSA) is 35.5 Å². The standard InChI is InChI=1S/C22H34O3/c1-17(2)22-13-11-19(16-20(23)24-5)10-6-8-18(3)9-7-12-21(4,25-22)14-15-22/h9-11,13,17H,6-8,12,14-16H2,1-5H3/b13-11+,18-9+,19-10-/t21-,22+/m0/s1. The maximum absolute atomic E-state index is 11.8. The first-order valence-corrected chi connectivity index (χ1v) is 9.59. The van der Waals surface area contributed by atoms with Gasteiger partial charge in [0.25, 0.3) is 0 Å². The molecule has 2 rings (SSSR count). The lowest BCUT2D eigenvalue weighted by molar-refractivity contribution is -0.139. The Morgan fingerprint density at radius 3 is 2.68 bits per heavy atom. The Kier molecular flexibility index (Phi) is 6.67. The lowest BCUT2D eigenvalue weighted by Gasteiger charge is -2.34. The molecule has 1 saturated heterocycles. The number of esters is 1. The lowest BCUT2D eigenvalue weighted by Crippen LogP contribution is -2.36. The van der Waals surface area contributed by atoms with Crippen molar-refractivity contribution < 1.29 is 14.3 Å². The van der Waals surface area contributed by atoms with Gasteiger partial charge in [-0.2, -0.15) is 0 Å². The highest BCUT2D eigenvalue weighted by Crippen LogP contribution is 2.45. The van der Waals surface area contributed by atoms with E-state index in [0.29, 0.717) is 12.3 Å². The number of rotatable bonds is 3. The molecular formula is C22H34O3. The normalized spacial score (nSPS) is 36.2. The molecule has 0 radical (unpaired) electrons. The minimum absolute atomic E-state index is 0.0638. The van der Waals surface area contributed by atoms with Crippen LogP contribution in [0.1, 0.15) is 72.6 Å². The molecule has 0 N–H and O–H groups in total. The predicted octanol–water partition coefficient (Wildman–Crippen LogP) is 5.52. The van der Waals surface area contributed by atoms with E-state index in [2.05, 4.69) is 52.0 Å². The van der Waals surface area contributed by atoms with Gasteiger partial charge in [-0.05, 0) is 63.9 Å². The highest BCUT2D eigenvalue weighted by molar-refractivity contribution is 5.73. The van der Waals surface area contributed by atoms with Crippen LogP contribution in [0.4, 0.5) is 0 Å². The zero-order chi connectivity index (χ0) is 18.5. The van der Waals surface area contributed by atoms with Gasteiger partial charge in [-0.15, -0.1) is 0 Å². The average Bonchev–Trinajstić information content (AvgIpc) is 2.90. The van der Waals surface area contributed by atoms with Crippen LogP contribution < -0.4 is 0 Å². The van der Waals surface area contributed by atoms with Crippen LogP contribution in [-0.2, 0) is 14.3 Å². The summed E-state index contributed by atoms with van der Waals surface area (Å²) in [5, 5.41) is 0. The van der Waals surface area contributed by atoms with Crippen LogP contribution in [0.15, 0.2) is 35.5 Å². The Labute approximate surface area is 153 Å². The summed E-state index contributed by atoms with van der Waals surface area (Å²) in [4.78, 5) is 11.8. The van der Waals surface area contributed by atoms with Crippen molar-refractivity contribution in [2.75, 3.05) is 7.11 Å². The molecule has 0 saturated carbocycles. The van der Waals surface area contributed by atoms with E-state index < -0.39 is 0 Å². The Balaban J connectivity index is 2.33. The number of carbonyl (C=O) groups is 1. The predicted molar refractivity (Wildman–Crippen MR) is 102 cm³/mol. The van der Waals surface area contributed by atoms with Gasteiger partial charge in [0.05, 0.1) is 24.7 Å². The van der Waals surface area contributed by atoms with Gasteiger partial charge in [-0.25, -0.2) is 0 Å². The summed E-state index contributed by atoms with van der Waals surface area (Å²) in [6.45, 7) is 8.89. The molecule has 0 aromatic rings. The van der Waals surface area contributed by atoms with Crippen LogP contribution >= 0.6 is 0 Å². The molecule has 2 bridgehead atoms.